The van der Waals surface area contributed by atoms with Gasteiger partial charge in [-0.3, -0.25) is 9.69 Å². The first-order valence-corrected chi connectivity index (χ1v) is 11.0. The lowest BCUT2D eigenvalue weighted by Crippen LogP contribution is -2.52. The van der Waals surface area contributed by atoms with Gasteiger partial charge in [-0.25, -0.2) is 13.1 Å². The zero-order valence-electron chi connectivity index (χ0n) is 15.3. The molecule has 1 amide bonds. The van der Waals surface area contributed by atoms with Gasteiger partial charge in [0.1, 0.15) is 0 Å². The van der Waals surface area contributed by atoms with Crippen molar-refractivity contribution in [1.82, 2.24) is 14.5 Å². The van der Waals surface area contributed by atoms with E-state index in [1.807, 2.05) is 11.8 Å². The van der Waals surface area contributed by atoms with Crippen molar-refractivity contribution in [2.45, 2.75) is 65.0 Å². The number of piperazine rings is 1. The predicted molar refractivity (Wildman–Crippen MR) is 96.2 cm³/mol. The largest absolute Gasteiger partial charge is 0.340 e. The quantitative estimate of drug-likeness (QED) is 0.779. The summed E-state index contributed by atoms with van der Waals surface area (Å²) in [5, 5.41) is 0. The van der Waals surface area contributed by atoms with Crippen molar-refractivity contribution >= 4 is 15.9 Å². The molecular formula is C17H33N3O3S. The number of carbonyl (C=O) groups is 1. The Balaban J connectivity index is 1.77. The van der Waals surface area contributed by atoms with Crippen molar-refractivity contribution in [3.63, 3.8) is 0 Å². The maximum atomic E-state index is 12.7. The molecular weight excluding hydrogens is 326 g/mol. The topological polar surface area (TPSA) is 69.7 Å². The standard InChI is InChI=1S/C17H33N3O3S/c1-4-13-24(22,23)18-16-7-5-15(6-8-16)17(21)20-11-9-19(10-12-20)14(2)3/h14-16,18H,4-13H2,1-3H3. The molecule has 2 fully saturated rings. The van der Waals surface area contributed by atoms with E-state index in [1.54, 1.807) is 0 Å². The summed E-state index contributed by atoms with van der Waals surface area (Å²) in [6.45, 7) is 9.80. The predicted octanol–water partition coefficient (Wildman–Crippen LogP) is 1.43. The molecule has 0 aromatic carbocycles. The Morgan fingerprint density at radius 3 is 2.17 bits per heavy atom. The van der Waals surface area contributed by atoms with Crippen molar-refractivity contribution in [3.8, 4) is 0 Å². The minimum Gasteiger partial charge on any atom is -0.340 e. The summed E-state index contributed by atoms with van der Waals surface area (Å²) < 4.78 is 26.5. The second-order valence-corrected chi connectivity index (χ2v) is 9.31. The molecule has 1 saturated heterocycles. The molecule has 0 atom stereocenters. The molecule has 0 unspecified atom stereocenters. The van der Waals surface area contributed by atoms with Gasteiger partial charge in [-0.1, -0.05) is 6.92 Å². The van der Waals surface area contributed by atoms with Gasteiger partial charge in [-0.15, -0.1) is 0 Å². The summed E-state index contributed by atoms with van der Waals surface area (Å²) in [6, 6.07) is 0.539. The van der Waals surface area contributed by atoms with Crippen molar-refractivity contribution in [1.29, 1.82) is 0 Å². The molecule has 1 aliphatic carbocycles. The van der Waals surface area contributed by atoms with E-state index in [9.17, 15) is 13.2 Å². The van der Waals surface area contributed by atoms with E-state index in [0.29, 0.717) is 12.5 Å². The highest BCUT2D eigenvalue weighted by atomic mass is 32.2. The van der Waals surface area contributed by atoms with Gasteiger partial charge in [0.25, 0.3) is 0 Å². The number of rotatable bonds is 6. The normalized spacial score (nSPS) is 26.8. The van der Waals surface area contributed by atoms with Crippen LogP contribution in [0.15, 0.2) is 0 Å². The maximum absolute atomic E-state index is 12.7. The number of hydrogen-bond donors (Lipinski definition) is 1. The number of hydrogen-bond acceptors (Lipinski definition) is 4. The Hall–Kier alpha value is -0.660. The number of nitrogens with one attached hydrogen (secondary N) is 1. The zero-order chi connectivity index (χ0) is 17.7. The lowest BCUT2D eigenvalue weighted by atomic mass is 9.85. The summed E-state index contributed by atoms with van der Waals surface area (Å²) in [6.07, 6.45) is 3.76. The van der Waals surface area contributed by atoms with Gasteiger partial charge in [0.2, 0.25) is 15.9 Å². The highest BCUT2D eigenvalue weighted by molar-refractivity contribution is 7.89. The van der Waals surface area contributed by atoms with Crippen molar-refractivity contribution in [2.75, 3.05) is 31.9 Å². The SMILES string of the molecule is CCCS(=O)(=O)NC1CCC(C(=O)N2CCN(C(C)C)CC2)CC1. The van der Waals surface area contributed by atoms with Gasteiger partial charge in [-0.05, 0) is 46.0 Å². The van der Waals surface area contributed by atoms with Crippen LogP contribution in [0.1, 0.15) is 52.9 Å². The van der Waals surface area contributed by atoms with Crippen molar-refractivity contribution in [2.24, 2.45) is 5.92 Å². The first-order chi connectivity index (χ1) is 11.3. The van der Waals surface area contributed by atoms with Gasteiger partial charge in [0, 0.05) is 44.2 Å². The molecule has 7 heteroatoms. The van der Waals surface area contributed by atoms with Crippen LogP contribution in [-0.2, 0) is 14.8 Å². The Kier molecular flexibility index (Phi) is 7.07. The van der Waals surface area contributed by atoms with Gasteiger partial charge >= 0.3 is 0 Å². The number of carbonyl (C=O) groups excluding carboxylic acids is 1. The number of sulfonamides is 1. The Bertz CT molecular complexity index is 505. The van der Waals surface area contributed by atoms with Crippen LogP contribution >= 0.6 is 0 Å². The van der Waals surface area contributed by atoms with E-state index >= 15 is 0 Å². The smallest absolute Gasteiger partial charge is 0.225 e. The van der Waals surface area contributed by atoms with Crippen LogP contribution < -0.4 is 4.72 Å². The molecule has 6 nitrogen and oxygen atoms in total. The minimum absolute atomic E-state index is 0.00314. The van der Waals surface area contributed by atoms with Crippen LogP contribution in [-0.4, -0.2) is 68.1 Å². The van der Waals surface area contributed by atoms with Crippen LogP contribution in [0, 0.1) is 5.92 Å². The third kappa shape index (κ3) is 5.43. The monoisotopic (exact) mass is 359 g/mol. The average Bonchev–Trinajstić information content (AvgIpc) is 2.54. The van der Waals surface area contributed by atoms with E-state index in [0.717, 1.165) is 51.9 Å². The molecule has 0 radical (unpaired) electrons. The second-order valence-electron chi connectivity index (χ2n) is 7.44. The fourth-order valence-electron chi connectivity index (χ4n) is 3.76. The lowest BCUT2D eigenvalue weighted by Gasteiger charge is -2.39. The Labute approximate surface area is 147 Å². The Morgan fingerprint density at radius 2 is 1.67 bits per heavy atom. The molecule has 1 aliphatic heterocycles. The highest BCUT2D eigenvalue weighted by Crippen LogP contribution is 2.27. The first kappa shape index (κ1) is 19.7. The fourth-order valence-corrected chi connectivity index (χ4v) is 5.16. The molecule has 2 rings (SSSR count). The van der Waals surface area contributed by atoms with E-state index in [4.69, 9.17) is 0 Å². The van der Waals surface area contributed by atoms with Crippen molar-refractivity contribution in [3.05, 3.63) is 0 Å². The maximum Gasteiger partial charge on any atom is 0.225 e. The van der Waals surface area contributed by atoms with E-state index < -0.39 is 10.0 Å². The lowest BCUT2D eigenvalue weighted by molar-refractivity contribution is -0.138. The van der Waals surface area contributed by atoms with E-state index in [1.165, 1.54) is 0 Å². The summed E-state index contributed by atoms with van der Waals surface area (Å²) in [7, 11) is -3.15. The molecule has 24 heavy (non-hydrogen) atoms. The molecule has 2 aliphatic rings. The van der Waals surface area contributed by atoms with Gasteiger partial charge in [0.15, 0.2) is 0 Å². The summed E-state index contributed by atoms with van der Waals surface area (Å²) in [5.74, 6) is 0.530. The zero-order valence-corrected chi connectivity index (χ0v) is 16.1. The molecule has 0 spiro atoms. The van der Waals surface area contributed by atoms with Crippen LogP contribution in [0.4, 0.5) is 0 Å². The van der Waals surface area contributed by atoms with E-state index in [2.05, 4.69) is 23.5 Å². The van der Waals surface area contributed by atoms with E-state index in [-0.39, 0.29) is 23.6 Å². The molecule has 0 bridgehead atoms. The molecule has 140 valence electrons. The summed E-state index contributed by atoms with van der Waals surface area (Å²) in [5.41, 5.74) is 0. The van der Waals surface area contributed by atoms with Crippen LogP contribution in [0.3, 0.4) is 0 Å². The van der Waals surface area contributed by atoms with Gasteiger partial charge in [0.05, 0.1) is 5.75 Å². The summed E-state index contributed by atoms with van der Waals surface area (Å²) in [4.78, 5) is 17.1. The average molecular weight is 360 g/mol. The highest BCUT2D eigenvalue weighted by Gasteiger charge is 2.32. The minimum atomic E-state index is -3.15. The second kappa shape index (κ2) is 8.63. The first-order valence-electron chi connectivity index (χ1n) is 9.35. The van der Waals surface area contributed by atoms with Crippen LogP contribution in [0.2, 0.25) is 0 Å². The molecule has 1 N–H and O–H groups in total. The molecule has 0 aromatic rings. The molecule has 0 aromatic heterocycles. The molecule has 1 saturated carbocycles. The Morgan fingerprint density at radius 1 is 1.08 bits per heavy atom. The fraction of sp³-hybridized carbons (Fsp3) is 0.941. The van der Waals surface area contributed by atoms with Gasteiger partial charge < -0.3 is 4.90 Å². The van der Waals surface area contributed by atoms with Crippen molar-refractivity contribution < 1.29 is 13.2 Å². The molecule has 1 heterocycles. The van der Waals surface area contributed by atoms with Gasteiger partial charge in [-0.2, -0.15) is 0 Å². The van der Waals surface area contributed by atoms with Crippen LogP contribution in [0.5, 0.6) is 0 Å². The third-order valence-corrected chi connectivity index (χ3v) is 6.89. The summed E-state index contributed by atoms with van der Waals surface area (Å²) >= 11 is 0. The third-order valence-electron chi connectivity index (χ3n) is 5.25. The van der Waals surface area contributed by atoms with Crippen LogP contribution in [0.25, 0.3) is 0 Å². The number of nitrogens with zero attached hydrogens (tertiary/aromatic N) is 2. The number of amides is 1.